The van der Waals surface area contributed by atoms with E-state index in [9.17, 15) is 9.59 Å². The highest BCUT2D eigenvalue weighted by atomic mass is 16.4. The molecule has 1 amide bonds. The van der Waals surface area contributed by atoms with E-state index in [2.05, 4.69) is 10.3 Å². The van der Waals surface area contributed by atoms with Crippen LogP contribution in [0.1, 0.15) is 30.3 Å². The number of hydrogen-bond acceptors (Lipinski definition) is 4. The molecule has 0 atom stereocenters. The Kier molecular flexibility index (Phi) is 4.29. The van der Waals surface area contributed by atoms with Gasteiger partial charge in [-0.25, -0.2) is 4.98 Å². The first-order chi connectivity index (χ1) is 11.1. The molecule has 0 bridgehead atoms. The summed E-state index contributed by atoms with van der Waals surface area (Å²) in [5, 5.41) is 11.9. The molecule has 2 N–H and O–H groups in total. The Bertz CT molecular complexity index is 688. The molecule has 1 saturated carbocycles. The molecule has 2 heterocycles. The van der Waals surface area contributed by atoms with Gasteiger partial charge in [-0.2, -0.15) is 0 Å². The van der Waals surface area contributed by atoms with E-state index in [1.165, 1.54) is 0 Å². The van der Waals surface area contributed by atoms with Crippen LogP contribution in [-0.4, -0.2) is 56.4 Å². The largest absolute Gasteiger partial charge is 0.480 e. The Balaban J connectivity index is 1.55. The second-order valence-electron chi connectivity index (χ2n) is 5.84. The number of fused-ring (bicyclic) bond motifs is 1. The lowest BCUT2D eigenvalue weighted by Gasteiger charge is -2.42. The summed E-state index contributed by atoms with van der Waals surface area (Å²) in [5.74, 6) is -0.998. The molecule has 0 aliphatic heterocycles. The lowest BCUT2D eigenvalue weighted by molar-refractivity contribution is -0.139. The summed E-state index contributed by atoms with van der Waals surface area (Å²) >= 11 is 0. The number of carboxylic acids is 1. The molecule has 122 valence electrons. The third kappa shape index (κ3) is 3.34. The van der Waals surface area contributed by atoms with Crippen LogP contribution in [0.3, 0.4) is 0 Å². The molecule has 7 heteroatoms. The average Bonchev–Trinajstić information content (AvgIpc) is 2.92. The first-order valence-electron chi connectivity index (χ1n) is 7.77. The number of amides is 1. The number of aliphatic carboxylic acids is 1. The zero-order valence-corrected chi connectivity index (χ0v) is 13.0. The molecule has 2 aromatic rings. The van der Waals surface area contributed by atoms with Crippen molar-refractivity contribution >= 4 is 17.5 Å². The molecule has 23 heavy (non-hydrogen) atoms. The van der Waals surface area contributed by atoms with E-state index < -0.39 is 5.97 Å². The topological polar surface area (TPSA) is 86.9 Å². The van der Waals surface area contributed by atoms with E-state index >= 15 is 0 Å². The van der Waals surface area contributed by atoms with Crippen molar-refractivity contribution in [3.63, 3.8) is 0 Å². The van der Waals surface area contributed by atoms with Crippen LogP contribution in [0.5, 0.6) is 0 Å². The van der Waals surface area contributed by atoms with Gasteiger partial charge in [-0.3, -0.25) is 14.5 Å². The highest BCUT2D eigenvalue weighted by molar-refractivity contribution is 5.93. The average molecular weight is 316 g/mol. The van der Waals surface area contributed by atoms with Gasteiger partial charge < -0.3 is 14.8 Å². The SMILES string of the molecule is CCN(CC(=O)O)C1CC(NC(=O)c2cn3ccccc3n2)C1. The van der Waals surface area contributed by atoms with E-state index in [1.807, 2.05) is 40.6 Å². The number of aromatic nitrogens is 2. The third-order valence-corrected chi connectivity index (χ3v) is 4.31. The maximum absolute atomic E-state index is 12.2. The van der Waals surface area contributed by atoms with Crippen molar-refractivity contribution in [3.05, 3.63) is 36.3 Å². The van der Waals surface area contributed by atoms with Gasteiger partial charge in [0.2, 0.25) is 0 Å². The Morgan fingerprint density at radius 3 is 2.87 bits per heavy atom. The number of hydrogen-bond donors (Lipinski definition) is 2. The normalized spacial score (nSPS) is 20.4. The zero-order valence-electron chi connectivity index (χ0n) is 13.0. The van der Waals surface area contributed by atoms with Gasteiger partial charge in [-0.15, -0.1) is 0 Å². The standard InChI is InChI=1S/C16H20N4O3/c1-2-19(10-15(21)22)12-7-11(8-12)17-16(23)13-9-20-6-4-3-5-14(20)18-13/h3-6,9,11-12H,2,7-8,10H2,1H3,(H,17,23)(H,21,22). The molecule has 0 spiro atoms. The highest BCUT2D eigenvalue weighted by Crippen LogP contribution is 2.25. The van der Waals surface area contributed by atoms with Crippen LogP contribution >= 0.6 is 0 Å². The monoisotopic (exact) mass is 316 g/mol. The van der Waals surface area contributed by atoms with Crippen LogP contribution < -0.4 is 5.32 Å². The Labute approximate surface area is 133 Å². The Morgan fingerprint density at radius 1 is 1.43 bits per heavy atom. The smallest absolute Gasteiger partial charge is 0.317 e. The zero-order chi connectivity index (χ0) is 16.4. The van der Waals surface area contributed by atoms with E-state index in [4.69, 9.17) is 5.11 Å². The molecule has 1 fully saturated rings. The lowest BCUT2D eigenvalue weighted by Crippen LogP contribution is -2.54. The van der Waals surface area contributed by atoms with Gasteiger partial charge in [-0.05, 0) is 31.5 Å². The second-order valence-corrected chi connectivity index (χ2v) is 5.84. The Morgan fingerprint density at radius 2 is 2.22 bits per heavy atom. The number of carboxylic acid groups (broad SMARTS) is 1. The van der Waals surface area contributed by atoms with Crippen LogP contribution in [0.15, 0.2) is 30.6 Å². The van der Waals surface area contributed by atoms with Crippen LogP contribution in [0.25, 0.3) is 5.65 Å². The number of likely N-dealkylation sites (N-methyl/N-ethyl adjacent to an activating group) is 1. The van der Waals surface area contributed by atoms with Crippen molar-refractivity contribution in [2.24, 2.45) is 0 Å². The molecule has 0 aromatic carbocycles. The number of carbonyl (C=O) groups excluding carboxylic acids is 1. The first kappa shape index (κ1) is 15.5. The van der Waals surface area contributed by atoms with Crippen molar-refractivity contribution in [1.29, 1.82) is 0 Å². The summed E-state index contributed by atoms with van der Waals surface area (Å²) in [6.07, 6.45) is 5.12. The summed E-state index contributed by atoms with van der Waals surface area (Å²) < 4.78 is 1.81. The van der Waals surface area contributed by atoms with Gasteiger partial charge in [-0.1, -0.05) is 13.0 Å². The number of carbonyl (C=O) groups is 2. The maximum Gasteiger partial charge on any atom is 0.317 e. The van der Waals surface area contributed by atoms with Gasteiger partial charge in [0.15, 0.2) is 0 Å². The van der Waals surface area contributed by atoms with Gasteiger partial charge in [0.1, 0.15) is 11.3 Å². The van der Waals surface area contributed by atoms with E-state index in [0.29, 0.717) is 12.2 Å². The van der Waals surface area contributed by atoms with E-state index in [1.54, 1.807) is 6.20 Å². The van der Waals surface area contributed by atoms with Crippen LogP contribution in [0.2, 0.25) is 0 Å². The summed E-state index contributed by atoms with van der Waals surface area (Å²) in [4.78, 5) is 29.3. The lowest BCUT2D eigenvalue weighted by atomic mass is 9.85. The summed E-state index contributed by atoms with van der Waals surface area (Å²) in [7, 11) is 0. The molecule has 1 aliphatic rings. The van der Waals surface area contributed by atoms with Crippen molar-refractivity contribution in [2.45, 2.75) is 31.8 Å². The second kappa shape index (κ2) is 6.37. The van der Waals surface area contributed by atoms with Crippen molar-refractivity contribution in [3.8, 4) is 0 Å². The van der Waals surface area contributed by atoms with Crippen molar-refractivity contribution < 1.29 is 14.7 Å². The molecule has 0 radical (unpaired) electrons. The minimum Gasteiger partial charge on any atom is -0.480 e. The predicted octanol–water partition coefficient (Wildman–Crippen LogP) is 1.00. The van der Waals surface area contributed by atoms with Gasteiger partial charge >= 0.3 is 5.97 Å². The number of rotatable bonds is 6. The fourth-order valence-corrected chi connectivity index (χ4v) is 2.98. The highest BCUT2D eigenvalue weighted by Gasteiger charge is 2.35. The molecule has 3 rings (SSSR count). The number of pyridine rings is 1. The number of imidazole rings is 1. The minimum absolute atomic E-state index is 0.0499. The molecule has 0 saturated heterocycles. The summed E-state index contributed by atoms with van der Waals surface area (Å²) in [5.41, 5.74) is 1.14. The van der Waals surface area contributed by atoms with E-state index in [-0.39, 0.29) is 24.5 Å². The van der Waals surface area contributed by atoms with Gasteiger partial charge in [0, 0.05) is 24.5 Å². The molecule has 2 aromatic heterocycles. The molecule has 0 unspecified atom stereocenters. The Hall–Kier alpha value is -2.41. The van der Waals surface area contributed by atoms with Crippen molar-refractivity contribution in [1.82, 2.24) is 19.6 Å². The van der Waals surface area contributed by atoms with Crippen molar-refractivity contribution in [2.75, 3.05) is 13.1 Å². The number of nitrogens with zero attached hydrogens (tertiary/aromatic N) is 3. The molecule has 1 aliphatic carbocycles. The van der Waals surface area contributed by atoms with Crippen LogP contribution in [0.4, 0.5) is 0 Å². The first-order valence-corrected chi connectivity index (χ1v) is 7.77. The minimum atomic E-state index is -0.816. The third-order valence-electron chi connectivity index (χ3n) is 4.31. The van der Waals surface area contributed by atoms with Crippen LogP contribution in [0, 0.1) is 0 Å². The maximum atomic E-state index is 12.2. The predicted molar refractivity (Wildman–Crippen MR) is 84.4 cm³/mol. The quantitative estimate of drug-likeness (QED) is 0.830. The summed E-state index contributed by atoms with van der Waals surface area (Å²) in [6, 6.07) is 5.92. The van der Waals surface area contributed by atoms with Gasteiger partial charge in [0.05, 0.1) is 6.54 Å². The molecule has 7 nitrogen and oxygen atoms in total. The fraction of sp³-hybridized carbons (Fsp3) is 0.438. The fourth-order valence-electron chi connectivity index (χ4n) is 2.98. The van der Waals surface area contributed by atoms with Gasteiger partial charge in [0.25, 0.3) is 5.91 Å². The van der Waals surface area contributed by atoms with Crippen LogP contribution in [-0.2, 0) is 4.79 Å². The molecular weight excluding hydrogens is 296 g/mol. The molecular formula is C16H20N4O3. The summed E-state index contributed by atoms with van der Waals surface area (Å²) in [6.45, 7) is 2.70. The van der Waals surface area contributed by atoms with E-state index in [0.717, 1.165) is 18.5 Å². The number of nitrogens with one attached hydrogen (secondary N) is 1.